The fourth-order valence-corrected chi connectivity index (χ4v) is 3.57. The molecule has 25 heavy (non-hydrogen) atoms. The number of hydroxylamine groups is 1. The van der Waals surface area contributed by atoms with Crippen molar-refractivity contribution in [2.75, 3.05) is 6.61 Å². The largest absolute Gasteiger partial charge is 0.494 e. The second kappa shape index (κ2) is 8.89. The van der Waals surface area contributed by atoms with Gasteiger partial charge < -0.3 is 15.2 Å². The van der Waals surface area contributed by atoms with Crippen molar-refractivity contribution in [3.05, 3.63) is 35.9 Å². The average Bonchev–Trinajstić information content (AvgIpc) is 3.09. The molecule has 1 unspecified atom stereocenters. The van der Waals surface area contributed by atoms with Gasteiger partial charge in [-0.05, 0) is 38.0 Å². The highest BCUT2D eigenvalue weighted by Gasteiger charge is 2.31. The zero-order chi connectivity index (χ0) is 18.4. The van der Waals surface area contributed by atoms with Crippen molar-refractivity contribution < 1.29 is 24.6 Å². The number of hydrogen-bond acceptors (Lipinski definition) is 6. The molecular weight excluding hydrogens is 344 g/mol. The van der Waals surface area contributed by atoms with E-state index in [1.807, 2.05) is 37.3 Å². The number of thioether (sulfide) groups is 1. The van der Waals surface area contributed by atoms with Crippen LogP contribution in [0.25, 0.3) is 4.91 Å². The second-order valence-electron chi connectivity index (χ2n) is 5.57. The summed E-state index contributed by atoms with van der Waals surface area (Å²) >= 11 is 1.39. The Kier molecular flexibility index (Phi) is 6.86. The van der Waals surface area contributed by atoms with E-state index in [0.29, 0.717) is 13.0 Å². The molecule has 0 fully saturated rings. The summed E-state index contributed by atoms with van der Waals surface area (Å²) in [5, 5.41) is 20.4. The van der Waals surface area contributed by atoms with Crippen molar-refractivity contribution in [3.8, 4) is 5.75 Å². The number of aliphatic hydroxyl groups is 1. The fourth-order valence-electron chi connectivity index (χ4n) is 2.44. The van der Waals surface area contributed by atoms with Crippen LogP contribution in [0.3, 0.4) is 0 Å². The van der Waals surface area contributed by atoms with Crippen LogP contribution in [0, 0.1) is 0 Å². The highest BCUT2D eigenvalue weighted by molar-refractivity contribution is 8.09. The van der Waals surface area contributed by atoms with Gasteiger partial charge in [-0.2, -0.15) is 0 Å². The first-order chi connectivity index (χ1) is 12.0. The van der Waals surface area contributed by atoms with E-state index in [4.69, 9.17) is 9.94 Å². The molecule has 0 spiro atoms. The lowest BCUT2D eigenvalue weighted by molar-refractivity contribution is -0.137. The van der Waals surface area contributed by atoms with Crippen LogP contribution in [-0.4, -0.2) is 46.1 Å². The molecule has 2 rings (SSSR count). The van der Waals surface area contributed by atoms with Crippen molar-refractivity contribution in [2.24, 2.45) is 0 Å². The molecule has 8 heteroatoms. The number of carbonyl (C=O) groups is 2. The van der Waals surface area contributed by atoms with E-state index in [0.717, 1.165) is 16.2 Å². The SMILES string of the molecule is CCOc1cccc(C2=CCC(C(=O)N[C@H](C(=O)NO)[C@@H](C)O)S2)c1. The van der Waals surface area contributed by atoms with Crippen LogP contribution in [-0.2, 0) is 9.59 Å². The van der Waals surface area contributed by atoms with E-state index in [-0.39, 0.29) is 5.91 Å². The van der Waals surface area contributed by atoms with Gasteiger partial charge in [-0.15, -0.1) is 11.8 Å². The number of ether oxygens (including phenoxy) is 1. The number of hydrogen-bond donors (Lipinski definition) is 4. The lowest BCUT2D eigenvalue weighted by Gasteiger charge is -2.21. The number of benzene rings is 1. The number of rotatable bonds is 7. The molecule has 3 atom stereocenters. The molecule has 7 nitrogen and oxygen atoms in total. The van der Waals surface area contributed by atoms with E-state index in [9.17, 15) is 14.7 Å². The smallest absolute Gasteiger partial charge is 0.268 e. The Morgan fingerprint density at radius 2 is 2.20 bits per heavy atom. The zero-order valence-corrected chi connectivity index (χ0v) is 14.9. The van der Waals surface area contributed by atoms with Crippen molar-refractivity contribution in [2.45, 2.75) is 37.7 Å². The van der Waals surface area contributed by atoms with Crippen molar-refractivity contribution in [3.63, 3.8) is 0 Å². The Balaban J connectivity index is 2.00. The zero-order valence-electron chi connectivity index (χ0n) is 14.1. The summed E-state index contributed by atoms with van der Waals surface area (Å²) in [6.07, 6.45) is 1.35. The highest BCUT2D eigenvalue weighted by atomic mass is 32.2. The van der Waals surface area contributed by atoms with Gasteiger partial charge in [0, 0.05) is 4.91 Å². The van der Waals surface area contributed by atoms with Crippen molar-refractivity contribution >= 4 is 28.5 Å². The number of aliphatic hydroxyl groups excluding tert-OH is 1. The summed E-state index contributed by atoms with van der Waals surface area (Å²) < 4.78 is 5.49. The van der Waals surface area contributed by atoms with Gasteiger partial charge in [0.2, 0.25) is 5.91 Å². The molecule has 0 saturated heterocycles. The van der Waals surface area contributed by atoms with Gasteiger partial charge in [-0.25, -0.2) is 5.48 Å². The van der Waals surface area contributed by atoms with Gasteiger partial charge in [0.25, 0.3) is 5.91 Å². The second-order valence-corrected chi connectivity index (χ2v) is 6.82. The summed E-state index contributed by atoms with van der Waals surface area (Å²) in [4.78, 5) is 24.8. The van der Waals surface area contributed by atoms with Gasteiger partial charge >= 0.3 is 0 Å². The Bertz CT molecular complexity index is 662. The van der Waals surface area contributed by atoms with Crippen LogP contribution in [0.5, 0.6) is 5.75 Å². The Morgan fingerprint density at radius 1 is 1.44 bits per heavy atom. The van der Waals surface area contributed by atoms with Crippen LogP contribution in [0.15, 0.2) is 30.3 Å². The molecule has 1 aromatic rings. The summed E-state index contributed by atoms with van der Waals surface area (Å²) in [5.74, 6) is -0.459. The molecule has 0 radical (unpaired) electrons. The molecule has 1 heterocycles. The van der Waals surface area contributed by atoms with Gasteiger partial charge in [0.15, 0.2) is 0 Å². The molecule has 1 aromatic carbocycles. The summed E-state index contributed by atoms with van der Waals surface area (Å²) in [6.45, 7) is 3.86. The quantitative estimate of drug-likeness (QED) is 0.428. The summed E-state index contributed by atoms with van der Waals surface area (Å²) in [6, 6.07) is 6.42. The van der Waals surface area contributed by atoms with E-state index < -0.39 is 23.3 Å². The summed E-state index contributed by atoms with van der Waals surface area (Å²) in [5.41, 5.74) is 2.41. The molecular formula is C17H22N2O5S. The molecule has 0 saturated carbocycles. The number of nitrogens with one attached hydrogen (secondary N) is 2. The molecule has 0 aliphatic carbocycles. The number of allylic oxidation sites excluding steroid dienone is 1. The average molecular weight is 366 g/mol. The molecule has 2 amide bonds. The Hall–Kier alpha value is -2.03. The third-order valence-electron chi connectivity index (χ3n) is 3.68. The molecule has 4 N–H and O–H groups in total. The minimum Gasteiger partial charge on any atom is -0.494 e. The van der Waals surface area contributed by atoms with Crippen LogP contribution in [0.2, 0.25) is 0 Å². The minimum atomic E-state index is -1.21. The van der Waals surface area contributed by atoms with Crippen LogP contribution in [0.1, 0.15) is 25.8 Å². The molecule has 136 valence electrons. The van der Waals surface area contributed by atoms with Crippen LogP contribution < -0.4 is 15.5 Å². The number of amides is 2. The highest BCUT2D eigenvalue weighted by Crippen LogP contribution is 2.40. The maximum absolute atomic E-state index is 12.4. The van der Waals surface area contributed by atoms with Gasteiger partial charge in [-0.1, -0.05) is 18.2 Å². The minimum absolute atomic E-state index is 0.369. The Morgan fingerprint density at radius 3 is 2.84 bits per heavy atom. The maximum atomic E-state index is 12.4. The molecule has 0 bridgehead atoms. The van der Waals surface area contributed by atoms with Crippen molar-refractivity contribution in [1.29, 1.82) is 0 Å². The van der Waals surface area contributed by atoms with Gasteiger partial charge in [0.05, 0.1) is 18.0 Å². The number of carbonyl (C=O) groups excluding carboxylic acids is 2. The lowest BCUT2D eigenvalue weighted by Crippen LogP contribution is -2.53. The van der Waals surface area contributed by atoms with Crippen LogP contribution in [0.4, 0.5) is 0 Å². The van der Waals surface area contributed by atoms with E-state index in [2.05, 4.69) is 5.32 Å². The lowest BCUT2D eigenvalue weighted by atomic mass is 10.1. The normalized spacial score (nSPS) is 18.9. The van der Waals surface area contributed by atoms with E-state index >= 15 is 0 Å². The van der Waals surface area contributed by atoms with Gasteiger partial charge in [0.1, 0.15) is 11.8 Å². The molecule has 1 aliphatic rings. The first-order valence-electron chi connectivity index (χ1n) is 7.98. The predicted octanol–water partition coefficient (Wildman–Crippen LogP) is 1.30. The van der Waals surface area contributed by atoms with E-state index in [1.165, 1.54) is 24.2 Å². The summed E-state index contributed by atoms with van der Waals surface area (Å²) in [7, 11) is 0. The molecule has 1 aliphatic heterocycles. The standard InChI is InChI=1S/C17H22N2O5S/c1-3-24-12-6-4-5-11(9-12)13-7-8-14(25-13)16(21)18-15(10(2)20)17(22)19-23/h4-7,9-10,14-15,20,23H,3,8H2,1-2H3,(H,18,21)(H,19,22)/t10-,14?,15+/m1/s1. The van der Waals surface area contributed by atoms with E-state index in [1.54, 1.807) is 0 Å². The van der Waals surface area contributed by atoms with Crippen molar-refractivity contribution in [1.82, 2.24) is 10.8 Å². The fraction of sp³-hybridized carbons (Fsp3) is 0.412. The third-order valence-corrected chi connectivity index (χ3v) is 5.03. The maximum Gasteiger partial charge on any atom is 0.268 e. The Labute approximate surface area is 150 Å². The van der Waals surface area contributed by atoms with Gasteiger partial charge in [-0.3, -0.25) is 14.8 Å². The van der Waals surface area contributed by atoms with Crippen LogP contribution >= 0.6 is 11.8 Å². The predicted molar refractivity (Wildman–Crippen MR) is 95.1 cm³/mol. The molecule has 0 aromatic heterocycles. The third kappa shape index (κ3) is 4.97. The topological polar surface area (TPSA) is 108 Å². The first-order valence-corrected chi connectivity index (χ1v) is 8.86. The first kappa shape index (κ1) is 19.3. The monoisotopic (exact) mass is 366 g/mol.